The number of nitrogens with one attached hydrogen (secondary N) is 1. The van der Waals surface area contributed by atoms with Crippen LogP contribution in [0, 0.1) is 0 Å². The van der Waals surface area contributed by atoms with Gasteiger partial charge in [0, 0.05) is 12.1 Å². The van der Waals surface area contributed by atoms with E-state index in [1.165, 1.54) is 0 Å². The van der Waals surface area contributed by atoms with Gasteiger partial charge >= 0.3 is 0 Å². The molecule has 27 heavy (non-hydrogen) atoms. The lowest BCUT2D eigenvalue weighted by molar-refractivity contribution is 0.100. The summed E-state index contributed by atoms with van der Waals surface area (Å²) in [6, 6.07) is 17.0. The lowest BCUT2D eigenvalue weighted by atomic mass is 10.1. The molecular formula is C20H21N5O2. The Labute approximate surface area is 156 Å². The molecule has 0 unspecified atom stereocenters. The van der Waals surface area contributed by atoms with E-state index in [-0.39, 0.29) is 11.6 Å². The van der Waals surface area contributed by atoms with E-state index in [0.717, 1.165) is 30.8 Å². The quantitative estimate of drug-likeness (QED) is 0.646. The fourth-order valence-corrected chi connectivity index (χ4v) is 3.32. The first-order valence-electron chi connectivity index (χ1n) is 8.85. The number of hydrogen-bond donors (Lipinski definition) is 3. The highest BCUT2D eigenvalue weighted by molar-refractivity contribution is 6.03. The molecule has 138 valence electrons. The van der Waals surface area contributed by atoms with Crippen LogP contribution in [-0.2, 0) is 0 Å². The summed E-state index contributed by atoms with van der Waals surface area (Å²) < 4.78 is 7.52. The van der Waals surface area contributed by atoms with E-state index in [4.69, 9.17) is 16.2 Å². The second-order valence-corrected chi connectivity index (χ2v) is 6.50. The predicted octanol–water partition coefficient (Wildman–Crippen LogP) is 2.56. The molecule has 2 heterocycles. The van der Waals surface area contributed by atoms with Crippen molar-refractivity contribution in [2.24, 2.45) is 5.73 Å². The van der Waals surface area contributed by atoms with Crippen molar-refractivity contribution in [2.75, 3.05) is 18.8 Å². The highest BCUT2D eigenvalue weighted by Crippen LogP contribution is 2.32. The van der Waals surface area contributed by atoms with Crippen LogP contribution in [0.1, 0.15) is 22.8 Å². The van der Waals surface area contributed by atoms with Crippen molar-refractivity contribution in [1.82, 2.24) is 15.1 Å². The average Bonchev–Trinajstić information content (AvgIpc) is 3.31. The maximum Gasteiger partial charge on any atom is 0.254 e. The fourth-order valence-electron chi connectivity index (χ4n) is 3.32. The summed E-state index contributed by atoms with van der Waals surface area (Å²) in [5.74, 6) is 1.18. The van der Waals surface area contributed by atoms with E-state index in [1.54, 1.807) is 4.68 Å². The Kier molecular flexibility index (Phi) is 4.52. The molecule has 0 saturated carbocycles. The highest BCUT2D eigenvalue weighted by atomic mass is 16.5. The van der Waals surface area contributed by atoms with Gasteiger partial charge in [0.1, 0.15) is 28.6 Å². The van der Waals surface area contributed by atoms with Crippen LogP contribution in [0.3, 0.4) is 0 Å². The third-order valence-corrected chi connectivity index (χ3v) is 4.68. The minimum absolute atomic E-state index is 0.123. The van der Waals surface area contributed by atoms with Crippen LogP contribution in [-0.4, -0.2) is 28.8 Å². The van der Waals surface area contributed by atoms with Gasteiger partial charge < -0.3 is 21.5 Å². The normalized spacial score (nSPS) is 16.4. The van der Waals surface area contributed by atoms with E-state index in [9.17, 15) is 4.79 Å². The van der Waals surface area contributed by atoms with E-state index < -0.39 is 5.91 Å². The minimum Gasteiger partial charge on any atom is -0.457 e. The molecular weight excluding hydrogens is 342 g/mol. The van der Waals surface area contributed by atoms with Crippen LogP contribution in [0.5, 0.6) is 11.5 Å². The number of nitrogen functional groups attached to an aromatic ring is 1. The van der Waals surface area contributed by atoms with Crippen molar-refractivity contribution in [3.63, 3.8) is 0 Å². The van der Waals surface area contributed by atoms with Gasteiger partial charge in [0.15, 0.2) is 0 Å². The van der Waals surface area contributed by atoms with Gasteiger partial charge in [-0.2, -0.15) is 5.10 Å². The van der Waals surface area contributed by atoms with Gasteiger partial charge in [-0.1, -0.05) is 18.2 Å². The Bertz CT molecular complexity index is 945. The Morgan fingerprint density at radius 1 is 1.11 bits per heavy atom. The molecule has 2 aromatic carbocycles. The van der Waals surface area contributed by atoms with Gasteiger partial charge in [0.2, 0.25) is 0 Å². The average molecular weight is 363 g/mol. The summed E-state index contributed by atoms with van der Waals surface area (Å²) in [7, 11) is 0. The standard InChI is InChI=1S/C20H21N5O2/c21-19-17(20(22)26)18(24-25(19)14-10-11-23-12-14)13-6-8-16(9-7-13)27-15-4-2-1-3-5-15/h1-9,14,23H,10-12,21H2,(H2,22,26)/t14-/m1/s1. The molecule has 1 fully saturated rings. The van der Waals surface area contributed by atoms with Crippen LogP contribution in [0.4, 0.5) is 5.82 Å². The van der Waals surface area contributed by atoms with Gasteiger partial charge in [-0.15, -0.1) is 0 Å². The number of benzene rings is 2. The van der Waals surface area contributed by atoms with Gasteiger partial charge in [-0.25, -0.2) is 4.68 Å². The molecule has 0 bridgehead atoms. The predicted molar refractivity (Wildman–Crippen MR) is 104 cm³/mol. The molecule has 1 atom stereocenters. The molecule has 1 amide bonds. The maximum absolute atomic E-state index is 12.0. The second-order valence-electron chi connectivity index (χ2n) is 6.50. The third kappa shape index (κ3) is 3.37. The molecule has 1 aliphatic heterocycles. The number of ether oxygens (including phenoxy) is 1. The van der Waals surface area contributed by atoms with E-state index in [2.05, 4.69) is 10.4 Å². The first-order chi connectivity index (χ1) is 13.1. The molecule has 3 aromatic rings. The molecule has 5 N–H and O–H groups in total. The first-order valence-corrected chi connectivity index (χ1v) is 8.85. The van der Waals surface area contributed by atoms with E-state index in [0.29, 0.717) is 17.3 Å². The molecule has 4 rings (SSSR count). The van der Waals surface area contributed by atoms with E-state index in [1.807, 2.05) is 54.6 Å². The second kappa shape index (κ2) is 7.13. The van der Waals surface area contributed by atoms with Crippen LogP contribution >= 0.6 is 0 Å². The minimum atomic E-state index is -0.579. The third-order valence-electron chi connectivity index (χ3n) is 4.68. The number of aromatic nitrogens is 2. The fraction of sp³-hybridized carbons (Fsp3) is 0.200. The Morgan fingerprint density at radius 3 is 2.44 bits per heavy atom. The van der Waals surface area contributed by atoms with Crippen molar-refractivity contribution in [2.45, 2.75) is 12.5 Å². The number of para-hydroxylation sites is 1. The SMILES string of the molecule is NC(=O)c1c(-c2ccc(Oc3ccccc3)cc2)nn([C@@H]2CCNC2)c1N. The van der Waals surface area contributed by atoms with Crippen LogP contribution in [0.15, 0.2) is 54.6 Å². The monoisotopic (exact) mass is 363 g/mol. The molecule has 7 heteroatoms. The number of amides is 1. The van der Waals surface area contributed by atoms with Gasteiger partial charge in [0.25, 0.3) is 5.91 Å². The summed E-state index contributed by atoms with van der Waals surface area (Å²) in [5.41, 5.74) is 13.3. The summed E-state index contributed by atoms with van der Waals surface area (Å²) in [6.07, 6.45) is 0.910. The van der Waals surface area contributed by atoms with Crippen molar-refractivity contribution in [3.05, 3.63) is 60.2 Å². The topological polar surface area (TPSA) is 108 Å². The van der Waals surface area contributed by atoms with E-state index >= 15 is 0 Å². The molecule has 1 aliphatic rings. The zero-order valence-corrected chi connectivity index (χ0v) is 14.8. The molecule has 0 spiro atoms. The lowest BCUT2D eigenvalue weighted by Crippen LogP contribution is -2.18. The first kappa shape index (κ1) is 17.1. The smallest absolute Gasteiger partial charge is 0.254 e. The Morgan fingerprint density at radius 2 is 1.81 bits per heavy atom. The zero-order chi connectivity index (χ0) is 18.8. The highest BCUT2D eigenvalue weighted by Gasteiger charge is 2.26. The zero-order valence-electron chi connectivity index (χ0n) is 14.8. The number of hydrogen-bond acceptors (Lipinski definition) is 5. The van der Waals surface area contributed by atoms with Gasteiger partial charge in [0.05, 0.1) is 6.04 Å². The van der Waals surface area contributed by atoms with Crippen molar-refractivity contribution in [1.29, 1.82) is 0 Å². The number of carbonyl (C=O) groups is 1. The molecule has 0 radical (unpaired) electrons. The number of anilines is 1. The number of nitrogens with two attached hydrogens (primary N) is 2. The van der Waals surface area contributed by atoms with Crippen molar-refractivity contribution < 1.29 is 9.53 Å². The number of carbonyl (C=O) groups excluding carboxylic acids is 1. The van der Waals surface area contributed by atoms with Crippen LogP contribution in [0.2, 0.25) is 0 Å². The Balaban J connectivity index is 1.66. The molecule has 0 aliphatic carbocycles. The number of primary amides is 1. The Hall–Kier alpha value is -3.32. The summed E-state index contributed by atoms with van der Waals surface area (Å²) in [5, 5.41) is 7.88. The lowest BCUT2D eigenvalue weighted by Gasteiger charge is -2.10. The molecule has 1 saturated heterocycles. The van der Waals surface area contributed by atoms with Crippen molar-refractivity contribution >= 4 is 11.7 Å². The summed E-state index contributed by atoms with van der Waals surface area (Å²) >= 11 is 0. The largest absolute Gasteiger partial charge is 0.457 e. The molecule has 1 aromatic heterocycles. The molecule has 7 nitrogen and oxygen atoms in total. The van der Waals surface area contributed by atoms with Crippen LogP contribution in [0.25, 0.3) is 11.3 Å². The maximum atomic E-state index is 12.0. The van der Waals surface area contributed by atoms with Gasteiger partial charge in [-0.3, -0.25) is 4.79 Å². The number of rotatable bonds is 5. The summed E-state index contributed by atoms with van der Waals surface area (Å²) in [6.45, 7) is 1.67. The number of nitrogens with zero attached hydrogens (tertiary/aromatic N) is 2. The van der Waals surface area contributed by atoms with Crippen LogP contribution < -0.4 is 21.5 Å². The van der Waals surface area contributed by atoms with Gasteiger partial charge in [-0.05, 0) is 49.4 Å². The summed E-state index contributed by atoms with van der Waals surface area (Å²) in [4.78, 5) is 12.0. The van der Waals surface area contributed by atoms with Crippen molar-refractivity contribution in [3.8, 4) is 22.8 Å².